The van der Waals surface area contributed by atoms with E-state index in [1.54, 1.807) is 13.8 Å². The highest BCUT2D eigenvalue weighted by Gasteiger charge is 2.70. The van der Waals surface area contributed by atoms with E-state index in [-0.39, 0.29) is 29.8 Å². The summed E-state index contributed by atoms with van der Waals surface area (Å²) in [6.45, 7) is 12.9. The van der Waals surface area contributed by atoms with Crippen LogP contribution in [0, 0.1) is 28.6 Å². The normalized spacial score (nSPS) is 26.3. The van der Waals surface area contributed by atoms with Gasteiger partial charge in [0.1, 0.15) is 18.1 Å². The molecule has 0 bridgehead atoms. The maximum atomic E-state index is 13.8. The Hall–Kier alpha value is -2.69. The predicted molar refractivity (Wildman–Crippen MR) is 131 cm³/mol. The predicted octanol–water partition coefficient (Wildman–Crippen LogP) is -0.0966. The van der Waals surface area contributed by atoms with Crippen LogP contribution in [0.3, 0.4) is 0 Å². The van der Waals surface area contributed by atoms with Crippen molar-refractivity contribution in [1.29, 1.82) is 0 Å². The van der Waals surface area contributed by atoms with Gasteiger partial charge in [-0.05, 0) is 55.3 Å². The molecule has 3 aliphatic rings. The number of primary amides is 1. The summed E-state index contributed by atoms with van der Waals surface area (Å²) in [5.74, 6) is -2.93. The first-order valence-electron chi connectivity index (χ1n) is 12.6. The van der Waals surface area contributed by atoms with Crippen LogP contribution in [0.5, 0.6) is 0 Å². The number of amides is 5. The van der Waals surface area contributed by atoms with Gasteiger partial charge < -0.3 is 31.7 Å². The number of aliphatic hydroxyl groups is 1. The summed E-state index contributed by atoms with van der Waals surface area (Å²) in [6.07, 6.45) is 1.42. The molecule has 1 unspecified atom stereocenters. The van der Waals surface area contributed by atoms with Crippen LogP contribution in [0.15, 0.2) is 0 Å². The Bertz CT molecular complexity index is 951. The van der Waals surface area contributed by atoms with Gasteiger partial charge in [0.05, 0.1) is 12.1 Å². The fourth-order valence-corrected chi connectivity index (χ4v) is 5.36. The zero-order valence-electron chi connectivity index (χ0n) is 22.3. The van der Waals surface area contributed by atoms with Crippen molar-refractivity contribution >= 4 is 29.5 Å². The molecule has 3 fully saturated rings. The monoisotopic (exact) mass is 507 g/mol. The second kappa shape index (κ2) is 9.32. The summed E-state index contributed by atoms with van der Waals surface area (Å²) >= 11 is 0. The number of rotatable bonds is 9. The maximum Gasteiger partial charge on any atom is 0.315 e. The number of nitrogens with zero attached hydrogens (tertiary/aromatic N) is 1. The van der Waals surface area contributed by atoms with Gasteiger partial charge in [0, 0.05) is 6.54 Å². The molecule has 0 aromatic carbocycles. The topological polar surface area (TPSA) is 171 Å². The fraction of sp³-hybridized carbons (Fsp3) is 0.800. The number of likely N-dealkylation sites (tertiary alicyclic amines) is 1. The van der Waals surface area contributed by atoms with Crippen molar-refractivity contribution in [2.24, 2.45) is 34.3 Å². The number of piperidine rings is 1. The van der Waals surface area contributed by atoms with Crippen molar-refractivity contribution in [3.05, 3.63) is 0 Å². The number of hydrogen-bond acceptors (Lipinski definition) is 6. The van der Waals surface area contributed by atoms with Gasteiger partial charge in [-0.25, -0.2) is 4.79 Å². The molecule has 1 aliphatic heterocycles. The molecule has 1 saturated heterocycles. The van der Waals surface area contributed by atoms with E-state index < -0.39 is 58.6 Å². The van der Waals surface area contributed by atoms with E-state index >= 15 is 0 Å². The van der Waals surface area contributed by atoms with Gasteiger partial charge in [-0.3, -0.25) is 19.2 Å². The molecule has 6 N–H and O–H groups in total. The van der Waals surface area contributed by atoms with Crippen molar-refractivity contribution in [1.82, 2.24) is 20.9 Å². The third-order valence-electron chi connectivity index (χ3n) is 7.91. The maximum absolute atomic E-state index is 13.8. The first-order valence-corrected chi connectivity index (χ1v) is 12.6. The second-order valence-electron chi connectivity index (χ2n) is 12.9. The lowest BCUT2D eigenvalue weighted by atomic mass is 9.85. The summed E-state index contributed by atoms with van der Waals surface area (Å²) in [5, 5.41) is 17.6. The van der Waals surface area contributed by atoms with E-state index in [0.717, 1.165) is 0 Å². The number of fused-ring (bicyclic) bond motifs is 1. The average Bonchev–Trinajstić information content (AvgIpc) is 3.62. The lowest BCUT2D eigenvalue weighted by Gasteiger charge is -2.38. The van der Waals surface area contributed by atoms with Gasteiger partial charge in [0.2, 0.25) is 17.6 Å². The first-order chi connectivity index (χ1) is 16.4. The molecule has 3 rings (SSSR count). The van der Waals surface area contributed by atoms with Crippen molar-refractivity contribution in [2.75, 3.05) is 13.2 Å². The van der Waals surface area contributed by atoms with Crippen LogP contribution in [0.25, 0.3) is 0 Å². The van der Waals surface area contributed by atoms with Crippen LogP contribution in [-0.2, 0) is 19.2 Å². The molecule has 5 atom stereocenters. The molecule has 1 heterocycles. The molecular formula is C25H41N5O6. The average molecular weight is 508 g/mol. The molecule has 11 heteroatoms. The molecule has 2 saturated carbocycles. The van der Waals surface area contributed by atoms with Crippen molar-refractivity contribution in [3.8, 4) is 0 Å². The van der Waals surface area contributed by atoms with Crippen molar-refractivity contribution in [3.63, 3.8) is 0 Å². The zero-order chi connectivity index (χ0) is 27.4. The first kappa shape index (κ1) is 27.9. The Labute approximate surface area is 212 Å². The van der Waals surface area contributed by atoms with Gasteiger partial charge in [-0.15, -0.1) is 0 Å². The highest BCUT2D eigenvalue weighted by atomic mass is 16.3. The quantitative estimate of drug-likeness (QED) is 0.273. The Balaban J connectivity index is 1.83. The van der Waals surface area contributed by atoms with Crippen LogP contribution in [0.1, 0.15) is 61.3 Å². The lowest BCUT2D eigenvalue weighted by Crippen LogP contribution is -2.62. The molecule has 11 nitrogen and oxygen atoms in total. The molecule has 0 radical (unpaired) electrons. The minimum absolute atomic E-state index is 0.103. The number of carbonyl (C=O) groups excluding carboxylic acids is 5. The van der Waals surface area contributed by atoms with Crippen LogP contribution in [0.4, 0.5) is 4.79 Å². The molecule has 2 aliphatic carbocycles. The molecule has 0 spiro atoms. The Morgan fingerprint density at radius 1 is 1.06 bits per heavy atom. The standard InChI is InChI=1S/C25H41N5O6/c1-23(2,3)18(28-22(36)29-24(4,5)11-31)21(35)30-10-13-14(25(13,6)7)16(30)20(34)27-15(12-8-9-12)17(32)19(26)33/h12-16,18,31H,8-11H2,1-7H3,(H2,26,33)(H,27,34)(H2,28,29,36)/t13-,14-,15?,16-,18+/m0/s1. The minimum atomic E-state index is -1.09. The van der Waals surface area contributed by atoms with Gasteiger partial charge >= 0.3 is 6.03 Å². The van der Waals surface area contributed by atoms with Crippen molar-refractivity contribution in [2.45, 2.75) is 85.0 Å². The molecule has 36 heavy (non-hydrogen) atoms. The van der Waals surface area contributed by atoms with Crippen molar-refractivity contribution < 1.29 is 29.1 Å². The van der Waals surface area contributed by atoms with Crippen LogP contribution in [-0.4, -0.2) is 76.4 Å². The Morgan fingerprint density at radius 3 is 2.11 bits per heavy atom. The summed E-state index contributed by atoms with van der Waals surface area (Å²) in [4.78, 5) is 65.5. The molecule has 0 aromatic rings. The van der Waals surface area contributed by atoms with Crippen LogP contribution in [0.2, 0.25) is 0 Å². The van der Waals surface area contributed by atoms with Crippen LogP contribution < -0.4 is 21.7 Å². The molecule has 0 aromatic heterocycles. The summed E-state index contributed by atoms with van der Waals surface area (Å²) in [6, 6.07) is -3.37. The number of nitrogens with one attached hydrogen (secondary N) is 3. The molecular weight excluding hydrogens is 466 g/mol. The number of urea groups is 1. The molecule has 5 amide bonds. The highest BCUT2D eigenvalue weighted by Crippen LogP contribution is 2.65. The zero-order valence-corrected chi connectivity index (χ0v) is 22.3. The largest absolute Gasteiger partial charge is 0.394 e. The minimum Gasteiger partial charge on any atom is -0.394 e. The SMILES string of the molecule is CC(C)(CO)NC(=O)N[C@H](C(=O)N1C[C@H]2[C@@H]([C@H]1C(=O)NC(C(=O)C(N)=O)C1CC1)C2(C)C)C(C)(C)C. The fourth-order valence-electron chi connectivity index (χ4n) is 5.36. The number of hydrogen-bond donors (Lipinski definition) is 5. The van der Waals surface area contributed by atoms with Crippen LogP contribution >= 0.6 is 0 Å². The van der Waals surface area contributed by atoms with E-state index in [1.807, 2.05) is 34.6 Å². The lowest BCUT2D eigenvalue weighted by molar-refractivity contribution is -0.145. The number of ketones is 1. The third kappa shape index (κ3) is 5.50. The summed E-state index contributed by atoms with van der Waals surface area (Å²) in [7, 11) is 0. The number of carbonyl (C=O) groups is 5. The van der Waals surface area contributed by atoms with E-state index in [9.17, 15) is 29.1 Å². The van der Waals surface area contributed by atoms with Gasteiger partial charge in [0.15, 0.2) is 0 Å². The summed E-state index contributed by atoms with van der Waals surface area (Å²) < 4.78 is 0. The Morgan fingerprint density at radius 2 is 1.64 bits per heavy atom. The summed E-state index contributed by atoms with van der Waals surface area (Å²) in [5.41, 5.74) is 3.48. The Kier molecular flexibility index (Phi) is 7.22. The van der Waals surface area contributed by atoms with E-state index in [1.165, 1.54) is 4.90 Å². The number of aliphatic hydroxyl groups excluding tert-OH is 1. The number of Topliss-reactive ketones (excluding diaryl/α,β-unsaturated/α-hetero) is 1. The second-order valence-corrected chi connectivity index (χ2v) is 12.9. The van der Waals surface area contributed by atoms with Gasteiger partial charge in [-0.2, -0.15) is 0 Å². The smallest absolute Gasteiger partial charge is 0.315 e. The van der Waals surface area contributed by atoms with E-state index in [0.29, 0.717) is 19.4 Å². The van der Waals surface area contributed by atoms with E-state index in [4.69, 9.17) is 5.73 Å². The highest BCUT2D eigenvalue weighted by molar-refractivity contribution is 6.38. The van der Waals surface area contributed by atoms with E-state index in [2.05, 4.69) is 16.0 Å². The van der Waals surface area contributed by atoms with Gasteiger partial charge in [0.25, 0.3) is 5.91 Å². The third-order valence-corrected chi connectivity index (χ3v) is 7.91. The van der Waals surface area contributed by atoms with Gasteiger partial charge in [-0.1, -0.05) is 34.6 Å². The molecule has 202 valence electrons. The number of nitrogens with two attached hydrogens (primary N) is 1.